The van der Waals surface area contributed by atoms with Crippen LogP contribution in [0.25, 0.3) is 0 Å². The van der Waals surface area contributed by atoms with Crippen molar-refractivity contribution in [3.8, 4) is 0 Å². The molecule has 5 nitrogen and oxygen atoms in total. The summed E-state index contributed by atoms with van der Waals surface area (Å²) in [5.74, 6) is 0.290. The van der Waals surface area contributed by atoms with E-state index in [1.807, 2.05) is 11.0 Å². The van der Waals surface area contributed by atoms with Gasteiger partial charge in [0, 0.05) is 63.9 Å². The number of rotatable bonds is 3. The molecule has 0 saturated carbocycles. The van der Waals surface area contributed by atoms with Crippen molar-refractivity contribution >= 4 is 5.91 Å². The summed E-state index contributed by atoms with van der Waals surface area (Å²) < 4.78 is 5.53. The van der Waals surface area contributed by atoms with Crippen molar-refractivity contribution in [2.75, 3.05) is 53.0 Å². The monoisotopic (exact) mass is 321 g/mol. The minimum Gasteiger partial charge on any atom is -0.381 e. The Morgan fingerprint density at radius 2 is 2.04 bits per heavy atom. The van der Waals surface area contributed by atoms with E-state index in [9.17, 15) is 4.79 Å². The fourth-order valence-electron chi connectivity index (χ4n) is 4.43. The molecule has 0 aliphatic carbocycles. The Kier molecular flexibility index (Phi) is 5.39. The van der Waals surface area contributed by atoms with Gasteiger partial charge in [0.25, 0.3) is 0 Å². The predicted octanol–water partition coefficient (Wildman–Crippen LogP) is 1.35. The molecule has 0 N–H and O–H groups in total. The highest BCUT2D eigenvalue weighted by Gasteiger charge is 2.43. The Morgan fingerprint density at radius 1 is 1.26 bits per heavy atom. The average Bonchev–Trinajstić information content (AvgIpc) is 2.73. The first-order valence-electron chi connectivity index (χ1n) is 9.06. The van der Waals surface area contributed by atoms with Gasteiger partial charge in [-0.1, -0.05) is 6.08 Å². The summed E-state index contributed by atoms with van der Waals surface area (Å²) >= 11 is 0. The zero-order valence-corrected chi connectivity index (χ0v) is 14.5. The first kappa shape index (κ1) is 16.9. The molecule has 1 atom stereocenters. The van der Waals surface area contributed by atoms with Gasteiger partial charge in [-0.05, 0) is 32.7 Å². The van der Waals surface area contributed by atoms with Crippen molar-refractivity contribution in [2.45, 2.75) is 43.7 Å². The maximum Gasteiger partial charge on any atom is 0.222 e. The summed E-state index contributed by atoms with van der Waals surface area (Å²) in [5, 5.41) is 0. The number of carbonyl (C=O) groups is 1. The second-order valence-electron chi connectivity index (χ2n) is 7.34. The third-order valence-electron chi connectivity index (χ3n) is 6.09. The van der Waals surface area contributed by atoms with E-state index in [0.717, 1.165) is 65.1 Å². The second kappa shape index (κ2) is 7.32. The third kappa shape index (κ3) is 3.62. The van der Waals surface area contributed by atoms with Gasteiger partial charge >= 0.3 is 0 Å². The Bertz CT molecular complexity index is 436. The molecule has 1 amide bonds. The maximum absolute atomic E-state index is 12.3. The molecule has 0 aromatic heterocycles. The summed E-state index contributed by atoms with van der Waals surface area (Å²) in [6.07, 6.45) is 6.87. The maximum atomic E-state index is 12.3. The molecule has 3 heterocycles. The molecule has 0 radical (unpaired) electrons. The molecule has 0 aromatic rings. The normalized spacial score (nSPS) is 32.2. The molecular formula is C18H31N3O2. The van der Waals surface area contributed by atoms with Gasteiger partial charge in [0.15, 0.2) is 0 Å². The van der Waals surface area contributed by atoms with Crippen LogP contribution < -0.4 is 0 Å². The minimum atomic E-state index is 0.155. The van der Waals surface area contributed by atoms with Crippen molar-refractivity contribution in [1.82, 2.24) is 14.7 Å². The highest BCUT2D eigenvalue weighted by molar-refractivity contribution is 5.76. The number of piperazine rings is 1. The summed E-state index contributed by atoms with van der Waals surface area (Å²) in [7, 11) is 2.24. The minimum absolute atomic E-state index is 0.155. The highest BCUT2D eigenvalue weighted by atomic mass is 16.5. The third-order valence-corrected chi connectivity index (χ3v) is 6.09. The van der Waals surface area contributed by atoms with E-state index in [0.29, 0.717) is 24.9 Å². The molecule has 0 aromatic carbocycles. The topological polar surface area (TPSA) is 36.0 Å². The molecule has 23 heavy (non-hydrogen) atoms. The van der Waals surface area contributed by atoms with Crippen molar-refractivity contribution in [2.24, 2.45) is 0 Å². The van der Waals surface area contributed by atoms with Crippen molar-refractivity contribution in [3.63, 3.8) is 0 Å². The van der Waals surface area contributed by atoms with Crippen LogP contribution in [-0.4, -0.2) is 85.2 Å². The van der Waals surface area contributed by atoms with Crippen LogP contribution in [0.2, 0.25) is 0 Å². The van der Waals surface area contributed by atoms with Crippen LogP contribution in [-0.2, 0) is 9.53 Å². The van der Waals surface area contributed by atoms with E-state index in [-0.39, 0.29) is 5.54 Å². The van der Waals surface area contributed by atoms with Crippen LogP contribution in [0.5, 0.6) is 0 Å². The fourth-order valence-corrected chi connectivity index (χ4v) is 4.43. The van der Waals surface area contributed by atoms with E-state index in [1.165, 1.54) is 0 Å². The second-order valence-corrected chi connectivity index (χ2v) is 7.34. The number of likely N-dealkylation sites (N-methyl/N-ethyl adjacent to an activating group) is 1. The number of hydrogen-bond acceptors (Lipinski definition) is 4. The van der Waals surface area contributed by atoms with Crippen LogP contribution in [0.4, 0.5) is 0 Å². The molecule has 1 unspecified atom stereocenters. The summed E-state index contributed by atoms with van der Waals surface area (Å²) in [6, 6.07) is 0.664. The summed E-state index contributed by atoms with van der Waals surface area (Å²) in [6.45, 7) is 10.5. The van der Waals surface area contributed by atoms with Gasteiger partial charge in [-0.25, -0.2) is 0 Å². The highest BCUT2D eigenvalue weighted by Crippen LogP contribution is 2.33. The molecule has 1 spiro atoms. The Labute approximate surface area is 140 Å². The lowest BCUT2D eigenvalue weighted by molar-refractivity contribution is -0.130. The van der Waals surface area contributed by atoms with Gasteiger partial charge < -0.3 is 9.64 Å². The lowest BCUT2D eigenvalue weighted by Gasteiger charge is -2.51. The number of ether oxygens (including phenoxy) is 1. The lowest BCUT2D eigenvalue weighted by Crippen LogP contribution is -2.63. The zero-order valence-electron chi connectivity index (χ0n) is 14.5. The molecular weight excluding hydrogens is 290 g/mol. The van der Waals surface area contributed by atoms with Gasteiger partial charge in [-0.2, -0.15) is 0 Å². The van der Waals surface area contributed by atoms with E-state index in [4.69, 9.17) is 4.74 Å². The van der Waals surface area contributed by atoms with Gasteiger partial charge in [0.05, 0.1) is 0 Å². The van der Waals surface area contributed by atoms with Crippen molar-refractivity contribution < 1.29 is 9.53 Å². The van der Waals surface area contributed by atoms with Crippen LogP contribution in [0.15, 0.2) is 12.7 Å². The largest absolute Gasteiger partial charge is 0.381 e. The van der Waals surface area contributed by atoms with E-state index >= 15 is 0 Å². The predicted molar refractivity (Wildman–Crippen MR) is 91.4 cm³/mol. The van der Waals surface area contributed by atoms with E-state index in [2.05, 4.69) is 23.4 Å². The van der Waals surface area contributed by atoms with Crippen molar-refractivity contribution in [1.29, 1.82) is 0 Å². The number of amides is 1. The standard InChI is InChI=1S/C18H31N3O2/c1-3-9-20-10-8-18(7-4-17(20)22)15-21(12-11-19(18)2)16-5-13-23-14-6-16/h3,16H,1,4-15H2,2H3. The number of likely N-dealkylation sites (tertiary alicyclic amines) is 1. The van der Waals surface area contributed by atoms with Gasteiger partial charge in [-0.15, -0.1) is 6.58 Å². The molecule has 3 aliphatic heterocycles. The van der Waals surface area contributed by atoms with Gasteiger partial charge in [0.2, 0.25) is 5.91 Å². The first-order chi connectivity index (χ1) is 11.1. The molecule has 3 aliphatic rings. The van der Waals surface area contributed by atoms with Crippen LogP contribution in [0.3, 0.4) is 0 Å². The first-order valence-corrected chi connectivity index (χ1v) is 9.06. The number of carbonyl (C=O) groups excluding carboxylic acids is 1. The molecule has 0 bridgehead atoms. The van der Waals surface area contributed by atoms with Crippen LogP contribution in [0, 0.1) is 0 Å². The molecule has 3 saturated heterocycles. The number of hydrogen-bond donors (Lipinski definition) is 0. The average molecular weight is 321 g/mol. The van der Waals surface area contributed by atoms with Crippen molar-refractivity contribution in [3.05, 3.63) is 12.7 Å². The Hall–Kier alpha value is -0.910. The summed E-state index contributed by atoms with van der Waals surface area (Å²) in [5.41, 5.74) is 0.155. The fraction of sp³-hybridized carbons (Fsp3) is 0.833. The van der Waals surface area contributed by atoms with Gasteiger partial charge in [-0.3, -0.25) is 14.6 Å². The quantitative estimate of drug-likeness (QED) is 0.735. The SMILES string of the molecule is C=CCN1CCC2(CCC1=O)CN(C1CCOCC1)CCN2C. The lowest BCUT2D eigenvalue weighted by atomic mass is 9.85. The number of nitrogens with zero attached hydrogens (tertiary/aromatic N) is 3. The smallest absolute Gasteiger partial charge is 0.222 e. The zero-order chi connectivity index (χ0) is 16.3. The Morgan fingerprint density at radius 3 is 2.78 bits per heavy atom. The summed E-state index contributed by atoms with van der Waals surface area (Å²) in [4.78, 5) is 19.5. The van der Waals surface area contributed by atoms with Crippen LogP contribution in [0.1, 0.15) is 32.1 Å². The molecule has 5 heteroatoms. The van der Waals surface area contributed by atoms with Crippen LogP contribution >= 0.6 is 0 Å². The molecule has 3 rings (SSSR count). The van der Waals surface area contributed by atoms with E-state index < -0.39 is 0 Å². The molecule has 3 fully saturated rings. The van der Waals surface area contributed by atoms with E-state index in [1.54, 1.807) is 0 Å². The van der Waals surface area contributed by atoms with Gasteiger partial charge in [0.1, 0.15) is 0 Å². The molecule has 130 valence electrons. The Balaban J connectivity index is 1.70.